The van der Waals surface area contributed by atoms with Gasteiger partial charge in [0.1, 0.15) is 23.5 Å². The number of ether oxygens (including phenoxy) is 1. The van der Waals surface area contributed by atoms with Gasteiger partial charge in [0.2, 0.25) is 0 Å². The summed E-state index contributed by atoms with van der Waals surface area (Å²) in [7, 11) is 1.77. The highest BCUT2D eigenvalue weighted by Crippen LogP contribution is 2.29. The van der Waals surface area contributed by atoms with Gasteiger partial charge >= 0.3 is 0 Å². The molecule has 0 bridgehead atoms. The fraction of sp³-hybridized carbons (Fsp3) is 0.600. The number of amides is 1. The smallest absolute Gasteiger partial charge is 0.259 e. The largest absolute Gasteiger partial charge is 0.376 e. The molecule has 1 N–H and O–H groups in total. The minimum atomic E-state index is -0.0952. The summed E-state index contributed by atoms with van der Waals surface area (Å²) in [6.07, 6.45) is 2.93. The Labute approximate surface area is 134 Å². The third kappa shape index (κ3) is 2.98. The first kappa shape index (κ1) is 15.7. The summed E-state index contributed by atoms with van der Waals surface area (Å²) in [6.45, 7) is 4.85. The van der Waals surface area contributed by atoms with Crippen molar-refractivity contribution in [3.8, 4) is 0 Å². The quantitative estimate of drug-likeness (QED) is 0.892. The number of aromatic nitrogens is 4. The molecule has 1 aliphatic rings. The number of carbonyl (C=O) groups excluding carboxylic acids is 1. The average Bonchev–Trinajstić information content (AvgIpc) is 3.26. The Balaban J connectivity index is 1.72. The number of aryl methyl sites for hydroxylation is 2. The zero-order valence-electron chi connectivity index (χ0n) is 13.6. The van der Waals surface area contributed by atoms with E-state index in [9.17, 15) is 4.79 Å². The lowest BCUT2D eigenvalue weighted by Crippen LogP contribution is -2.37. The SMILES string of the molecule is CCc1noc(C)c1C(=O)N(C)C[C@H]1OCC[C@H]1c1ncn[nH]1. The Morgan fingerprint density at radius 1 is 1.52 bits per heavy atom. The van der Waals surface area contributed by atoms with Gasteiger partial charge < -0.3 is 14.2 Å². The van der Waals surface area contributed by atoms with E-state index in [1.165, 1.54) is 6.33 Å². The Morgan fingerprint density at radius 3 is 3.04 bits per heavy atom. The molecule has 0 aliphatic carbocycles. The summed E-state index contributed by atoms with van der Waals surface area (Å²) in [6, 6.07) is 0. The molecule has 3 heterocycles. The molecule has 124 valence electrons. The van der Waals surface area contributed by atoms with E-state index in [-0.39, 0.29) is 17.9 Å². The lowest BCUT2D eigenvalue weighted by atomic mass is 10.00. The molecular weight excluding hydrogens is 298 g/mol. The summed E-state index contributed by atoms with van der Waals surface area (Å²) in [5.74, 6) is 1.40. The third-order valence-electron chi connectivity index (χ3n) is 4.28. The average molecular weight is 319 g/mol. The van der Waals surface area contributed by atoms with Crippen LogP contribution in [0.3, 0.4) is 0 Å². The van der Waals surface area contributed by atoms with Crippen LogP contribution in [0.15, 0.2) is 10.9 Å². The third-order valence-corrected chi connectivity index (χ3v) is 4.28. The molecule has 2 aromatic heterocycles. The number of carbonyl (C=O) groups is 1. The zero-order valence-corrected chi connectivity index (χ0v) is 13.6. The van der Waals surface area contributed by atoms with Gasteiger partial charge in [-0.25, -0.2) is 4.98 Å². The summed E-state index contributed by atoms with van der Waals surface area (Å²) in [5.41, 5.74) is 1.25. The van der Waals surface area contributed by atoms with Crippen LogP contribution in [-0.2, 0) is 11.2 Å². The molecule has 3 rings (SSSR count). The van der Waals surface area contributed by atoms with E-state index in [2.05, 4.69) is 20.3 Å². The maximum absolute atomic E-state index is 12.7. The van der Waals surface area contributed by atoms with Gasteiger partial charge in [0.15, 0.2) is 0 Å². The molecule has 1 amide bonds. The van der Waals surface area contributed by atoms with Crippen LogP contribution in [0.25, 0.3) is 0 Å². The first-order valence-corrected chi connectivity index (χ1v) is 7.79. The van der Waals surface area contributed by atoms with Crippen molar-refractivity contribution in [2.24, 2.45) is 0 Å². The van der Waals surface area contributed by atoms with Crippen molar-refractivity contribution in [2.45, 2.75) is 38.7 Å². The molecule has 8 heteroatoms. The molecule has 0 saturated carbocycles. The topological polar surface area (TPSA) is 97.1 Å². The fourth-order valence-electron chi connectivity index (χ4n) is 3.01. The number of likely N-dealkylation sites (N-methyl/N-ethyl adjacent to an activating group) is 1. The second-order valence-corrected chi connectivity index (χ2v) is 5.77. The van der Waals surface area contributed by atoms with Gasteiger partial charge in [-0.05, 0) is 19.8 Å². The second kappa shape index (κ2) is 6.49. The normalized spacial score (nSPS) is 20.8. The van der Waals surface area contributed by atoms with Crippen molar-refractivity contribution < 1.29 is 14.1 Å². The molecule has 0 unspecified atom stereocenters. The molecule has 23 heavy (non-hydrogen) atoms. The van der Waals surface area contributed by atoms with E-state index in [4.69, 9.17) is 9.26 Å². The van der Waals surface area contributed by atoms with Crippen LogP contribution in [0.4, 0.5) is 0 Å². The van der Waals surface area contributed by atoms with Crippen molar-refractivity contribution in [2.75, 3.05) is 20.2 Å². The van der Waals surface area contributed by atoms with E-state index in [0.717, 1.165) is 12.2 Å². The summed E-state index contributed by atoms with van der Waals surface area (Å²) < 4.78 is 10.9. The number of nitrogens with zero attached hydrogens (tertiary/aromatic N) is 4. The first-order valence-electron chi connectivity index (χ1n) is 7.79. The minimum absolute atomic E-state index is 0.0904. The van der Waals surface area contributed by atoms with Crippen LogP contribution in [0.5, 0.6) is 0 Å². The van der Waals surface area contributed by atoms with Crippen LogP contribution in [0, 0.1) is 6.92 Å². The fourth-order valence-corrected chi connectivity index (χ4v) is 3.01. The van der Waals surface area contributed by atoms with Crippen LogP contribution < -0.4 is 0 Å². The molecule has 1 fully saturated rings. The monoisotopic (exact) mass is 319 g/mol. The number of H-pyrrole nitrogens is 1. The Kier molecular flexibility index (Phi) is 4.42. The maximum Gasteiger partial charge on any atom is 0.259 e. The molecule has 2 atom stereocenters. The number of aromatic amines is 1. The van der Waals surface area contributed by atoms with E-state index in [1.54, 1.807) is 18.9 Å². The minimum Gasteiger partial charge on any atom is -0.376 e. The van der Waals surface area contributed by atoms with Crippen molar-refractivity contribution >= 4 is 5.91 Å². The Morgan fingerprint density at radius 2 is 2.35 bits per heavy atom. The Hall–Kier alpha value is -2.22. The van der Waals surface area contributed by atoms with Crippen LogP contribution in [0.2, 0.25) is 0 Å². The van der Waals surface area contributed by atoms with Gasteiger partial charge in [-0.1, -0.05) is 12.1 Å². The molecular formula is C15H21N5O3. The summed E-state index contributed by atoms with van der Waals surface area (Å²) in [4.78, 5) is 18.6. The number of rotatable bonds is 5. The first-order chi connectivity index (χ1) is 11.1. The molecule has 2 aromatic rings. The highest BCUT2D eigenvalue weighted by atomic mass is 16.5. The standard InChI is InChI=1S/C15H21N5O3/c1-4-11-13(9(2)23-19-11)15(21)20(3)7-12-10(5-6-22-12)14-16-8-17-18-14/h8,10,12H,4-7H2,1-3H3,(H,16,17,18)/t10-,12-/m1/s1. The van der Waals surface area contributed by atoms with Crippen LogP contribution >= 0.6 is 0 Å². The number of hydrogen-bond acceptors (Lipinski definition) is 6. The second-order valence-electron chi connectivity index (χ2n) is 5.77. The highest BCUT2D eigenvalue weighted by molar-refractivity contribution is 5.96. The summed E-state index contributed by atoms with van der Waals surface area (Å²) >= 11 is 0. The zero-order chi connectivity index (χ0) is 16.4. The molecule has 0 spiro atoms. The van der Waals surface area contributed by atoms with Gasteiger partial charge in [-0.15, -0.1) is 0 Å². The lowest BCUT2D eigenvalue weighted by Gasteiger charge is -2.24. The van der Waals surface area contributed by atoms with E-state index in [1.807, 2.05) is 6.92 Å². The molecule has 0 aromatic carbocycles. The van der Waals surface area contributed by atoms with Crippen LogP contribution in [-0.4, -0.2) is 57.4 Å². The molecule has 1 saturated heterocycles. The van der Waals surface area contributed by atoms with Gasteiger partial charge in [-0.3, -0.25) is 9.89 Å². The lowest BCUT2D eigenvalue weighted by molar-refractivity contribution is 0.0548. The van der Waals surface area contributed by atoms with Crippen molar-refractivity contribution in [3.63, 3.8) is 0 Å². The molecule has 0 radical (unpaired) electrons. The van der Waals surface area contributed by atoms with Gasteiger partial charge in [0, 0.05) is 26.1 Å². The predicted octanol–water partition coefficient (Wildman–Crippen LogP) is 1.31. The highest BCUT2D eigenvalue weighted by Gasteiger charge is 2.34. The molecule has 1 aliphatic heterocycles. The van der Waals surface area contributed by atoms with Crippen molar-refractivity contribution in [3.05, 3.63) is 29.2 Å². The number of hydrogen-bond donors (Lipinski definition) is 1. The summed E-state index contributed by atoms with van der Waals surface area (Å²) in [5, 5.41) is 10.7. The van der Waals surface area contributed by atoms with E-state index in [0.29, 0.717) is 36.6 Å². The van der Waals surface area contributed by atoms with Gasteiger partial charge in [0.05, 0.1) is 11.8 Å². The van der Waals surface area contributed by atoms with Crippen LogP contribution in [0.1, 0.15) is 46.9 Å². The van der Waals surface area contributed by atoms with E-state index < -0.39 is 0 Å². The van der Waals surface area contributed by atoms with Gasteiger partial charge in [0.25, 0.3) is 5.91 Å². The van der Waals surface area contributed by atoms with Crippen molar-refractivity contribution in [1.29, 1.82) is 0 Å². The maximum atomic E-state index is 12.7. The molecule has 8 nitrogen and oxygen atoms in total. The van der Waals surface area contributed by atoms with Crippen molar-refractivity contribution in [1.82, 2.24) is 25.2 Å². The number of nitrogens with one attached hydrogen (secondary N) is 1. The Bertz CT molecular complexity index is 667. The predicted molar refractivity (Wildman–Crippen MR) is 81.1 cm³/mol. The van der Waals surface area contributed by atoms with Gasteiger partial charge in [-0.2, -0.15) is 5.10 Å². The van der Waals surface area contributed by atoms with E-state index >= 15 is 0 Å².